The summed E-state index contributed by atoms with van der Waals surface area (Å²) in [5, 5.41) is 3.23. The van der Waals surface area contributed by atoms with Crippen LogP contribution >= 0.6 is 0 Å². The van der Waals surface area contributed by atoms with Crippen molar-refractivity contribution in [3.05, 3.63) is 30.3 Å². The van der Waals surface area contributed by atoms with Crippen LogP contribution in [0.25, 0.3) is 0 Å². The SMILES string of the molecule is CCNC(=NCCN1CCCS1(=O)=O)N(C)CCOc1ccccc1. The zero-order valence-electron chi connectivity index (χ0n) is 15.0. The molecule has 1 aliphatic rings. The number of hydrogen-bond acceptors (Lipinski definition) is 4. The van der Waals surface area contributed by atoms with Gasteiger partial charge in [0, 0.05) is 26.7 Å². The zero-order chi connectivity index (χ0) is 18.1. The van der Waals surface area contributed by atoms with Crippen LogP contribution in [0, 0.1) is 0 Å². The van der Waals surface area contributed by atoms with Gasteiger partial charge in [0.15, 0.2) is 5.96 Å². The van der Waals surface area contributed by atoms with E-state index in [1.165, 1.54) is 4.31 Å². The Kier molecular flexibility index (Phi) is 7.52. The first-order valence-electron chi connectivity index (χ1n) is 8.68. The number of rotatable bonds is 8. The van der Waals surface area contributed by atoms with Gasteiger partial charge in [-0.3, -0.25) is 4.99 Å². The summed E-state index contributed by atoms with van der Waals surface area (Å²) in [6.45, 7) is 5.49. The van der Waals surface area contributed by atoms with E-state index in [0.29, 0.717) is 39.2 Å². The molecule has 1 aliphatic heterocycles. The second-order valence-corrected chi connectivity index (χ2v) is 7.98. The summed E-state index contributed by atoms with van der Waals surface area (Å²) in [5.74, 6) is 1.86. The first kappa shape index (κ1) is 19.5. The van der Waals surface area contributed by atoms with Gasteiger partial charge in [-0.25, -0.2) is 12.7 Å². The Morgan fingerprint density at radius 1 is 1.36 bits per heavy atom. The second kappa shape index (κ2) is 9.62. The van der Waals surface area contributed by atoms with E-state index in [-0.39, 0.29) is 5.75 Å². The molecule has 0 aliphatic carbocycles. The minimum absolute atomic E-state index is 0.257. The molecule has 140 valence electrons. The Labute approximate surface area is 150 Å². The molecule has 25 heavy (non-hydrogen) atoms. The molecule has 0 atom stereocenters. The molecular formula is C17H28N4O3S. The first-order valence-corrected chi connectivity index (χ1v) is 10.3. The molecule has 2 rings (SSSR count). The van der Waals surface area contributed by atoms with Crippen LogP contribution < -0.4 is 10.1 Å². The molecular weight excluding hydrogens is 340 g/mol. The van der Waals surface area contributed by atoms with E-state index >= 15 is 0 Å². The molecule has 1 saturated heterocycles. The molecule has 0 bridgehead atoms. The number of aliphatic imine (C=N–C) groups is 1. The molecule has 0 spiro atoms. The van der Waals surface area contributed by atoms with Crippen molar-refractivity contribution in [2.24, 2.45) is 4.99 Å². The molecule has 0 aromatic heterocycles. The van der Waals surface area contributed by atoms with Gasteiger partial charge in [0.1, 0.15) is 12.4 Å². The third kappa shape index (κ3) is 6.21. The average molecular weight is 369 g/mol. The maximum atomic E-state index is 11.8. The second-order valence-electron chi connectivity index (χ2n) is 5.89. The van der Waals surface area contributed by atoms with Gasteiger partial charge in [-0.2, -0.15) is 0 Å². The number of benzene rings is 1. The fourth-order valence-corrected chi connectivity index (χ4v) is 4.12. The van der Waals surface area contributed by atoms with Gasteiger partial charge in [-0.05, 0) is 25.5 Å². The standard InChI is InChI=1S/C17H28N4O3S/c1-3-18-17(19-10-12-21-11-7-15-25(21,22)23)20(2)13-14-24-16-8-5-4-6-9-16/h4-6,8-9H,3,7,10-15H2,1-2H3,(H,18,19). The maximum Gasteiger partial charge on any atom is 0.214 e. The minimum atomic E-state index is -3.05. The molecule has 1 heterocycles. The number of likely N-dealkylation sites (N-methyl/N-ethyl adjacent to an activating group) is 1. The fourth-order valence-electron chi connectivity index (χ4n) is 2.60. The summed E-state index contributed by atoms with van der Waals surface area (Å²) in [7, 11) is -1.11. The number of sulfonamides is 1. The Bertz CT molecular complexity index is 649. The molecule has 1 aromatic rings. The smallest absolute Gasteiger partial charge is 0.214 e. The third-order valence-corrected chi connectivity index (χ3v) is 5.91. The highest BCUT2D eigenvalue weighted by molar-refractivity contribution is 7.89. The first-order chi connectivity index (χ1) is 12.0. The summed E-state index contributed by atoms with van der Waals surface area (Å²) in [5.41, 5.74) is 0. The van der Waals surface area contributed by atoms with Crippen LogP contribution in [0.15, 0.2) is 35.3 Å². The minimum Gasteiger partial charge on any atom is -0.492 e. The molecule has 0 saturated carbocycles. The zero-order valence-corrected chi connectivity index (χ0v) is 15.8. The molecule has 0 unspecified atom stereocenters. The average Bonchev–Trinajstić information content (AvgIpc) is 2.93. The van der Waals surface area contributed by atoms with Crippen molar-refractivity contribution >= 4 is 16.0 Å². The lowest BCUT2D eigenvalue weighted by molar-refractivity contribution is 0.281. The van der Waals surface area contributed by atoms with Crippen molar-refractivity contribution in [3.8, 4) is 5.75 Å². The van der Waals surface area contributed by atoms with Gasteiger partial charge in [0.05, 0.1) is 18.8 Å². The predicted octanol–water partition coefficient (Wildman–Crippen LogP) is 0.998. The molecule has 7 nitrogen and oxygen atoms in total. The van der Waals surface area contributed by atoms with Crippen LogP contribution in [-0.2, 0) is 10.0 Å². The number of ether oxygens (including phenoxy) is 1. The van der Waals surface area contributed by atoms with E-state index in [0.717, 1.165) is 18.3 Å². The maximum absolute atomic E-state index is 11.8. The van der Waals surface area contributed by atoms with Gasteiger partial charge in [0.2, 0.25) is 10.0 Å². The van der Waals surface area contributed by atoms with Crippen LogP contribution in [0.1, 0.15) is 13.3 Å². The summed E-state index contributed by atoms with van der Waals surface area (Å²) >= 11 is 0. The van der Waals surface area contributed by atoms with E-state index in [9.17, 15) is 8.42 Å². The highest BCUT2D eigenvalue weighted by Crippen LogP contribution is 2.12. The van der Waals surface area contributed by atoms with Crippen molar-refractivity contribution in [2.45, 2.75) is 13.3 Å². The number of para-hydroxylation sites is 1. The van der Waals surface area contributed by atoms with Gasteiger partial charge in [-0.1, -0.05) is 18.2 Å². The molecule has 1 aromatic carbocycles. The summed E-state index contributed by atoms with van der Waals surface area (Å²) in [6.07, 6.45) is 0.711. The third-order valence-electron chi connectivity index (χ3n) is 3.95. The lowest BCUT2D eigenvalue weighted by Crippen LogP contribution is -2.41. The van der Waals surface area contributed by atoms with Gasteiger partial charge >= 0.3 is 0 Å². The van der Waals surface area contributed by atoms with Crippen LogP contribution in [0.2, 0.25) is 0 Å². The number of nitrogens with zero attached hydrogens (tertiary/aromatic N) is 3. The molecule has 1 N–H and O–H groups in total. The molecule has 1 fully saturated rings. The highest BCUT2D eigenvalue weighted by atomic mass is 32.2. The van der Waals surface area contributed by atoms with E-state index in [4.69, 9.17) is 4.74 Å². The summed E-state index contributed by atoms with van der Waals surface area (Å²) in [4.78, 5) is 6.53. The summed E-state index contributed by atoms with van der Waals surface area (Å²) in [6, 6.07) is 9.69. The topological polar surface area (TPSA) is 74.2 Å². The van der Waals surface area contributed by atoms with Gasteiger partial charge in [-0.15, -0.1) is 0 Å². The van der Waals surface area contributed by atoms with Crippen LogP contribution in [-0.4, -0.2) is 75.7 Å². The molecule has 0 amide bonds. The van der Waals surface area contributed by atoms with E-state index < -0.39 is 10.0 Å². The largest absolute Gasteiger partial charge is 0.492 e. The highest BCUT2D eigenvalue weighted by Gasteiger charge is 2.27. The van der Waals surface area contributed by atoms with Crippen molar-refractivity contribution in [2.75, 3.05) is 52.1 Å². The van der Waals surface area contributed by atoms with Crippen molar-refractivity contribution in [1.29, 1.82) is 0 Å². The number of hydrogen-bond donors (Lipinski definition) is 1. The lowest BCUT2D eigenvalue weighted by Gasteiger charge is -2.22. The van der Waals surface area contributed by atoms with Crippen molar-refractivity contribution < 1.29 is 13.2 Å². The fraction of sp³-hybridized carbons (Fsp3) is 0.588. The van der Waals surface area contributed by atoms with Gasteiger partial charge < -0.3 is 15.0 Å². The Balaban J connectivity index is 1.81. The monoisotopic (exact) mass is 368 g/mol. The van der Waals surface area contributed by atoms with Gasteiger partial charge in [0.25, 0.3) is 0 Å². The van der Waals surface area contributed by atoms with Crippen LogP contribution in [0.3, 0.4) is 0 Å². The van der Waals surface area contributed by atoms with Crippen LogP contribution in [0.4, 0.5) is 0 Å². The Hall–Kier alpha value is -1.80. The molecule has 8 heteroatoms. The van der Waals surface area contributed by atoms with Crippen molar-refractivity contribution in [1.82, 2.24) is 14.5 Å². The number of nitrogens with one attached hydrogen (secondary N) is 1. The normalized spacial score (nSPS) is 17.4. The quantitative estimate of drug-likeness (QED) is 0.547. The Morgan fingerprint density at radius 3 is 2.76 bits per heavy atom. The van der Waals surface area contributed by atoms with Crippen LogP contribution in [0.5, 0.6) is 5.75 Å². The van der Waals surface area contributed by atoms with Crippen molar-refractivity contribution in [3.63, 3.8) is 0 Å². The summed E-state index contributed by atoms with van der Waals surface area (Å²) < 4.78 is 30.8. The van der Waals surface area contributed by atoms with E-state index in [1.54, 1.807) is 0 Å². The Morgan fingerprint density at radius 2 is 2.12 bits per heavy atom. The van der Waals surface area contributed by atoms with E-state index in [2.05, 4.69) is 10.3 Å². The lowest BCUT2D eigenvalue weighted by atomic mass is 10.3. The molecule has 0 radical (unpaired) electrons. The van der Waals surface area contributed by atoms with E-state index in [1.807, 2.05) is 49.2 Å². The predicted molar refractivity (Wildman–Crippen MR) is 101 cm³/mol. The number of guanidine groups is 1.